The Morgan fingerprint density at radius 3 is 2.29 bits per heavy atom. The maximum absolute atomic E-state index is 11.1. The van der Waals surface area contributed by atoms with Crippen molar-refractivity contribution in [2.45, 2.75) is 43.4 Å². The average Bonchev–Trinajstić information content (AvgIpc) is 2.44. The van der Waals surface area contributed by atoms with Gasteiger partial charge in [-0.1, -0.05) is 31.4 Å². The molecule has 1 aromatic rings. The fourth-order valence-electron chi connectivity index (χ4n) is 2.78. The summed E-state index contributed by atoms with van der Waals surface area (Å²) in [4.78, 5) is 0.177. The van der Waals surface area contributed by atoms with Gasteiger partial charge < -0.3 is 5.32 Å². The second-order valence-corrected chi connectivity index (χ2v) is 7.21. The predicted octanol–water partition coefficient (Wildman–Crippen LogP) is 2.47. The van der Waals surface area contributed by atoms with Crippen molar-refractivity contribution in [1.29, 1.82) is 0 Å². The molecule has 0 unspecified atom stereocenters. The maximum Gasteiger partial charge on any atom is 0.238 e. The zero-order valence-electron chi connectivity index (χ0n) is 12.3. The quantitative estimate of drug-likeness (QED) is 0.786. The van der Waals surface area contributed by atoms with Crippen molar-refractivity contribution in [3.8, 4) is 0 Å². The van der Waals surface area contributed by atoms with Crippen LogP contribution in [0.2, 0.25) is 0 Å². The molecule has 21 heavy (non-hydrogen) atoms. The molecule has 1 fully saturated rings. The highest BCUT2D eigenvalue weighted by Crippen LogP contribution is 2.22. The molecule has 0 aliphatic heterocycles. The van der Waals surface area contributed by atoms with Crippen LogP contribution in [0.4, 0.5) is 0 Å². The summed E-state index contributed by atoms with van der Waals surface area (Å²) in [5.41, 5.74) is 1.13. The van der Waals surface area contributed by atoms with Crippen LogP contribution in [-0.4, -0.2) is 21.5 Å². The number of sulfonamides is 1. The van der Waals surface area contributed by atoms with Crippen LogP contribution in [0.25, 0.3) is 0 Å². The molecular weight excluding hydrogens is 308 g/mol. The average molecular weight is 333 g/mol. The van der Waals surface area contributed by atoms with E-state index < -0.39 is 10.0 Å². The highest BCUT2D eigenvalue weighted by Gasteiger charge is 2.12. The zero-order valence-corrected chi connectivity index (χ0v) is 13.9. The first-order chi connectivity index (χ1) is 9.55. The monoisotopic (exact) mass is 332 g/mol. The summed E-state index contributed by atoms with van der Waals surface area (Å²) in [7, 11) is -3.57. The third kappa shape index (κ3) is 6.34. The van der Waals surface area contributed by atoms with E-state index in [1.807, 2.05) is 12.1 Å². The van der Waals surface area contributed by atoms with Gasteiger partial charge in [-0.15, -0.1) is 12.4 Å². The summed E-state index contributed by atoms with van der Waals surface area (Å²) in [5.74, 6) is 0.841. The number of nitrogens with two attached hydrogens (primary N) is 1. The van der Waals surface area contributed by atoms with Crippen LogP contribution in [0, 0.1) is 5.92 Å². The minimum Gasteiger partial charge on any atom is -0.316 e. The molecule has 1 aliphatic rings. The molecule has 0 amide bonds. The third-order valence-electron chi connectivity index (χ3n) is 4.00. The Bertz CT molecular complexity index is 511. The Labute approximate surface area is 134 Å². The lowest BCUT2D eigenvalue weighted by Crippen LogP contribution is -2.26. The molecule has 1 aliphatic carbocycles. The van der Waals surface area contributed by atoms with E-state index in [1.54, 1.807) is 12.1 Å². The van der Waals surface area contributed by atoms with E-state index in [-0.39, 0.29) is 17.3 Å². The van der Waals surface area contributed by atoms with Crippen molar-refractivity contribution in [2.24, 2.45) is 11.1 Å². The Morgan fingerprint density at radius 1 is 1.10 bits per heavy atom. The third-order valence-corrected chi connectivity index (χ3v) is 4.93. The van der Waals surface area contributed by atoms with Gasteiger partial charge in [0, 0.05) is 0 Å². The van der Waals surface area contributed by atoms with Crippen molar-refractivity contribution in [2.75, 3.05) is 13.1 Å². The first-order valence-electron chi connectivity index (χ1n) is 7.38. The van der Waals surface area contributed by atoms with Crippen molar-refractivity contribution in [3.63, 3.8) is 0 Å². The lowest BCUT2D eigenvalue weighted by molar-refractivity contribution is 0.343. The topological polar surface area (TPSA) is 72.2 Å². The first-order valence-corrected chi connectivity index (χ1v) is 8.93. The molecule has 3 N–H and O–H groups in total. The van der Waals surface area contributed by atoms with Gasteiger partial charge in [0.2, 0.25) is 10.0 Å². The maximum atomic E-state index is 11.1. The van der Waals surface area contributed by atoms with Gasteiger partial charge >= 0.3 is 0 Å². The molecule has 0 spiro atoms. The molecule has 1 aromatic carbocycles. The lowest BCUT2D eigenvalue weighted by Gasteiger charge is -2.21. The second-order valence-electron chi connectivity index (χ2n) is 5.65. The van der Waals surface area contributed by atoms with Gasteiger partial charge in [-0.25, -0.2) is 13.6 Å². The van der Waals surface area contributed by atoms with Gasteiger partial charge in [-0.05, 0) is 56.0 Å². The minimum absolute atomic E-state index is 0. The fraction of sp³-hybridized carbons (Fsp3) is 0.600. The zero-order chi connectivity index (χ0) is 14.4. The van der Waals surface area contributed by atoms with Crippen molar-refractivity contribution < 1.29 is 8.42 Å². The van der Waals surface area contributed by atoms with Gasteiger partial charge in [-0.2, -0.15) is 0 Å². The van der Waals surface area contributed by atoms with Crippen LogP contribution in [-0.2, 0) is 16.4 Å². The number of primary sulfonamides is 1. The highest BCUT2D eigenvalue weighted by atomic mass is 35.5. The molecule has 0 radical (unpaired) electrons. The predicted molar refractivity (Wildman–Crippen MR) is 88.2 cm³/mol. The summed E-state index contributed by atoms with van der Waals surface area (Å²) < 4.78 is 22.3. The van der Waals surface area contributed by atoms with E-state index in [1.165, 1.54) is 32.1 Å². The van der Waals surface area contributed by atoms with Crippen LogP contribution >= 0.6 is 12.4 Å². The molecule has 4 nitrogen and oxygen atoms in total. The normalized spacial score (nSPS) is 16.4. The van der Waals surface area contributed by atoms with E-state index in [2.05, 4.69) is 5.32 Å². The van der Waals surface area contributed by atoms with Crippen molar-refractivity contribution in [3.05, 3.63) is 29.8 Å². The number of hydrogen-bond donors (Lipinski definition) is 2. The number of hydrogen-bond acceptors (Lipinski definition) is 3. The van der Waals surface area contributed by atoms with Crippen LogP contribution in [0.1, 0.15) is 37.7 Å². The molecule has 0 saturated heterocycles. The van der Waals surface area contributed by atoms with Crippen molar-refractivity contribution in [1.82, 2.24) is 5.32 Å². The van der Waals surface area contributed by atoms with Crippen LogP contribution in [0.15, 0.2) is 29.2 Å². The molecule has 0 heterocycles. The number of halogens is 1. The first kappa shape index (κ1) is 18.4. The Kier molecular flexibility index (Phi) is 7.66. The molecule has 0 atom stereocenters. The summed E-state index contributed by atoms with van der Waals surface area (Å²) in [6.07, 6.45) is 7.78. The van der Waals surface area contributed by atoms with E-state index in [9.17, 15) is 8.42 Å². The molecular formula is C15H25ClN2O2S. The van der Waals surface area contributed by atoms with Gasteiger partial charge in [0.15, 0.2) is 0 Å². The standard InChI is InChI=1S/C15H24N2O2S.ClH/c16-20(18,19)15-8-6-13(7-9-15)10-11-17-12-14-4-2-1-3-5-14;/h6-9,14,17H,1-5,10-12H2,(H2,16,18,19);1H. The lowest BCUT2D eigenvalue weighted by atomic mass is 9.89. The molecule has 0 aromatic heterocycles. The van der Waals surface area contributed by atoms with Crippen LogP contribution in [0.3, 0.4) is 0 Å². The molecule has 0 bridgehead atoms. The molecule has 6 heteroatoms. The van der Waals surface area contributed by atoms with Crippen molar-refractivity contribution >= 4 is 22.4 Å². The number of benzene rings is 1. The van der Waals surface area contributed by atoms with E-state index >= 15 is 0 Å². The highest BCUT2D eigenvalue weighted by molar-refractivity contribution is 7.89. The van der Waals surface area contributed by atoms with Gasteiger partial charge in [0.1, 0.15) is 0 Å². The summed E-state index contributed by atoms with van der Waals surface area (Å²) >= 11 is 0. The van der Waals surface area contributed by atoms with Crippen LogP contribution < -0.4 is 10.5 Å². The number of nitrogens with one attached hydrogen (secondary N) is 1. The van der Waals surface area contributed by atoms with Gasteiger partial charge in [0.05, 0.1) is 4.90 Å². The largest absolute Gasteiger partial charge is 0.316 e. The smallest absolute Gasteiger partial charge is 0.238 e. The summed E-state index contributed by atoms with van der Waals surface area (Å²) in [6, 6.07) is 6.82. The molecule has 120 valence electrons. The second kappa shape index (κ2) is 8.73. The number of rotatable bonds is 6. The Hall–Kier alpha value is -0.620. The molecule has 2 rings (SSSR count). The molecule has 1 saturated carbocycles. The minimum atomic E-state index is -3.57. The van der Waals surface area contributed by atoms with Gasteiger partial charge in [-0.3, -0.25) is 0 Å². The fourth-order valence-corrected chi connectivity index (χ4v) is 3.29. The van der Waals surface area contributed by atoms with E-state index in [0.29, 0.717) is 0 Å². The SMILES string of the molecule is Cl.NS(=O)(=O)c1ccc(CCNCC2CCCCC2)cc1. The summed E-state index contributed by atoms with van der Waals surface area (Å²) in [5, 5.41) is 8.58. The van der Waals surface area contributed by atoms with Crippen LogP contribution in [0.5, 0.6) is 0 Å². The van der Waals surface area contributed by atoms with E-state index in [0.717, 1.165) is 31.0 Å². The Morgan fingerprint density at radius 2 is 1.71 bits per heavy atom. The van der Waals surface area contributed by atoms with Gasteiger partial charge in [0.25, 0.3) is 0 Å². The summed E-state index contributed by atoms with van der Waals surface area (Å²) in [6.45, 7) is 2.04. The Balaban J connectivity index is 0.00000220. The van der Waals surface area contributed by atoms with E-state index in [4.69, 9.17) is 5.14 Å².